The molecule has 0 bridgehead atoms. The molecule has 1 fully saturated rings. The first kappa shape index (κ1) is 19.0. The summed E-state index contributed by atoms with van der Waals surface area (Å²) in [5, 5.41) is 0. The van der Waals surface area contributed by atoms with Crippen LogP contribution in [0.4, 0.5) is 5.69 Å². The van der Waals surface area contributed by atoms with Gasteiger partial charge in [0, 0.05) is 48.1 Å². The average molecular weight is 369 g/mol. The molecule has 0 aromatic heterocycles. The van der Waals surface area contributed by atoms with Crippen LogP contribution < -0.4 is 4.90 Å². The van der Waals surface area contributed by atoms with Gasteiger partial charge >= 0.3 is 0 Å². The summed E-state index contributed by atoms with van der Waals surface area (Å²) in [5.74, 6) is 0. The van der Waals surface area contributed by atoms with Gasteiger partial charge in [-0.3, -0.25) is 9.69 Å². The van der Waals surface area contributed by atoms with Crippen molar-refractivity contribution in [2.45, 2.75) is 37.0 Å². The Morgan fingerprint density at radius 2 is 1.65 bits per heavy atom. The number of piperazine rings is 1. The van der Waals surface area contributed by atoms with Crippen molar-refractivity contribution in [3.05, 3.63) is 59.7 Å². The summed E-state index contributed by atoms with van der Waals surface area (Å²) in [5.41, 5.74) is 3.27. The number of anilines is 1. The molecule has 1 saturated heterocycles. The Hall–Kier alpha value is -1.78. The molecule has 1 aliphatic rings. The molecule has 0 N–H and O–H groups in total. The SMILES string of the molecule is CC(C)(C)Sc1cccc(N2CCN(Cc3ccccc3)CC2)c1C=O. The first-order chi connectivity index (χ1) is 12.5. The van der Waals surface area contributed by atoms with Crippen LogP contribution >= 0.6 is 11.8 Å². The molecule has 2 aromatic rings. The Bertz CT molecular complexity index is 732. The third-order valence-corrected chi connectivity index (χ3v) is 5.73. The lowest BCUT2D eigenvalue weighted by atomic mass is 10.1. The summed E-state index contributed by atoms with van der Waals surface area (Å²) >= 11 is 1.76. The van der Waals surface area contributed by atoms with Crippen molar-refractivity contribution in [3.8, 4) is 0 Å². The molecule has 0 spiro atoms. The Morgan fingerprint density at radius 3 is 2.27 bits per heavy atom. The zero-order valence-corrected chi connectivity index (χ0v) is 16.8. The van der Waals surface area contributed by atoms with E-state index in [0.717, 1.165) is 55.2 Å². The molecule has 26 heavy (non-hydrogen) atoms. The second-order valence-corrected chi connectivity index (χ2v) is 9.64. The fourth-order valence-electron chi connectivity index (χ4n) is 3.33. The summed E-state index contributed by atoms with van der Waals surface area (Å²) in [6.45, 7) is 11.5. The predicted octanol–water partition coefficient (Wildman–Crippen LogP) is 4.71. The fourth-order valence-corrected chi connectivity index (χ4v) is 4.40. The molecule has 138 valence electrons. The quantitative estimate of drug-likeness (QED) is 0.563. The molecule has 3 nitrogen and oxygen atoms in total. The maximum absolute atomic E-state index is 11.8. The van der Waals surface area contributed by atoms with Crippen molar-refractivity contribution in [1.82, 2.24) is 4.90 Å². The summed E-state index contributed by atoms with van der Waals surface area (Å²) in [4.78, 5) is 17.8. The molecule has 0 unspecified atom stereocenters. The molecule has 3 rings (SSSR count). The van der Waals surface area contributed by atoms with E-state index in [1.54, 1.807) is 11.8 Å². The highest BCUT2D eigenvalue weighted by molar-refractivity contribution is 8.00. The van der Waals surface area contributed by atoms with Crippen LogP contribution in [0, 0.1) is 0 Å². The van der Waals surface area contributed by atoms with Crippen molar-refractivity contribution in [2.24, 2.45) is 0 Å². The molecule has 4 heteroatoms. The molecule has 2 aromatic carbocycles. The number of aldehydes is 1. The molecule has 0 aliphatic carbocycles. The van der Waals surface area contributed by atoms with Crippen LogP contribution in [0.2, 0.25) is 0 Å². The van der Waals surface area contributed by atoms with Gasteiger partial charge in [-0.2, -0.15) is 0 Å². The van der Waals surface area contributed by atoms with Crippen molar-refractivity contribution in [3.63, 3.8) is 0 Å². The Kier molecular flexibility index (Phi) is 6.05. The first-order valence-electron chi connectivity index (χ1n) is 9.25. The fraction of sp³-hybridized carbons (Fsp3) is 0.409. The zero-order chi connectivity index (χ0) is 18.6. The van der Waals surface area contributed by atoms with Crippen LogP contribution in [0.3, 0.4) is 0 Å². The molecule has 1 aliphatic heterocycles. The topological polar surface area (TPSA) is 23.6 Å². The normalized spacial score (nSPS) is 15.9. The predicted molar refractivity (Wildman–Crippen MR) is 111 cm³/mol. The number of rotatable bonds is 5. The van der Waals surface area contributed by atoms with E-state index in [-0.39, 0.29) is 4.75 Å². The number of thioether (sulfide) groups is 1. The van der Waals surface area contributed by atoms with Gasteiger partial charge in [0.05, 0.1) is 5.56 Å². The Labute approximate surface area is 161 Å². The molecule has 1 heterocycles. The van der Waals surface area contributed by atoms with E-state index in [0.29, 0.717) is 0 Å². The molecule has 0 saturated carbocycles. The van der Waals surface area contributed by atoms with Gasteiger partial charge in [0.2, 0.25) is 0 Å². The highest BCUT2D eigenvalue weighted by Gasteiger charge is 2.22. The van der Waals surface area contributed by atoms with E-state index in [1.807, 2.05) is 0 Å². The molecule has 0 radical (unpaired) electrons. The van der Waals surface area contributed by atoms with Gasteiger partial charge in [-0.05, 0) is 17.7 Å². The van der Waals surface area contributed by atoms with E-state index in [9.17, 15) is 4.79 Å². The van der Waals surface area contributed by atoms with Crippen LogP contribution in [-0.4, -0.2) is 42.1 Å². The Balaban J connectivity index is 1.69. The third-order valence-electron chi connectivity index (χ3n) is 4.54. The highest BCUT2D eigenvalue weighted by atomic mass is 32.2. The number of nitrogens with zero attached hydrogens (tertiary/aromatic N) is 2. The summed E-state index contributed by atoms with van der Waals surface area (Å²) in [6.07, 6.45) is 1.03. The van der Waals surface area contributed by atoms with Crippen molar-refractivity contribution in [1.29, 1.82) is 0 Å². The number of carbonyl (C=O) groups is 1. The largest absolute Gasteiger partial charge is 0.368 e. The van der Waals surface area contributed by atoms with E-state index < -0.39 is 0 Å². The number of carbonyl (C=O) groups excluding carboxylic acids is 1. The van der Waals surface area contributed by atoms with Crippen molar-refractivity contribution in [2.75, 3.05) is 31.1 Å². The van der Waals surface area contributed by atoms with Gasteiger partial charge in [-0.15, -0.1) is 11.8 Å². The van der Waals surface area contributed by atoms with Gasteiger partial charge in [0.1, 0.15) is 0 Å². The van der Waals surface area contributed by atoms with Gasteiger partial charge < -0.3 is 4.90 Å². The molecule has 0 atom stereocenters. The van der Waals surface area contributed by atoms with Crippen LogP contribution in [-0.2, 0) is 6.54 Å². The minimum absolute atomic E-state index is 0.0881. The van der Waals surface area contributed by atoms with Crippen LogP contribution in [0.15, 0.2) is 53.4 Å². The Morgan fingerprint density at radius 1 is 0.962 bits per heavy atom. The van der Waals surface area contributed by atoms with Gasteiger partial charge in [-0.25, -0.2) is 0 Å². The first-order valence-corrected chi connectivity index (χ1v) is 10.1. The highest BCUT2D eigenvalue weighted by Crippen LogP contribution is 2.37. The standard InChI is InChI=1S/C22H28N2OS/c1-22(2,3)26-21-11-7-10-20(19(21)17-25)24-14-12-23(13-15-24)16-18-8-5-4-6-9-18/h4-11,17H,12-16H2,1-3H3. The molecule has 0 amide bonds. The van der Waals surface area contributed by atoms with Gasteiger partial charge in [0.15, 0.2) is 6.29 Å². The van der Waals surface area contributed by atoms with Gasteiger partial charge in [-0.1, -0.05) is 57.2 Å². The lowest BCUT2D eigenvalue weighted by Gasteiger charge is -2.37. The van der Waals surface area contributed by atoms with Crippen molar-refractivity contribution >= 4 is 23.7 Å². The van der Waals surface area contributed by atoms with Crippen LogP contribution in [0.5, 0.6) is 0 Å². The summed E-state index contributed by atoms with van der Waals surface area (Å²) < 4.78 is 0.0881. The zero-order valence-electron chi connectivity index (χ0n) is 15.9. The second-order valence-electron chi connectivity index (χ2n) is 7.77. The van der Waals surface area contributed by atoms with Crippen LogP contribution in [0.25, 0.3) is 0 Å². The molecular formula is C22H28N2OS. The minimum atomic E-state index is 0.0881. The van der Waals surface area contributed by atoms with Crippen LogP contribution in [0.1, 0.15) is 36.7 Å². The van der Waals surface area contributed by atoms with Crippen molar-refractivity contribution < 1.29 is 4.79 Å². The summed E-state index contributed by atoms with van der Waals surface area (Å²) in [6, 6.07) is 16.9. The lowest BCUT2D eigenvalue weighted by Crippen LogP contribution is -2.46. The van der Waals surface area contributed by atoms with E-state index in [2.05, 4.69) is 79.1 Å². The lowest BCUT2D eigenvalue weighted by molar-refractivity contribution is 0.112. The van der Waals surface area contributed by atoms with Gasteiger partial charge in [0.25, 0.3) is 0 Å². The van der Waals surface area contributed by atoms with E-state index in [1.165, 1.54) is 5.56 Å². The monoisotopic (exact) mass is 368 g/mol. The number of hydrogen-bond acceptors (Lipinski definition) is 4. The minimum Gasteiger partial charge on any atom is -0.368 e. The third kappa shape index (κ3) is 4.89. The number of benzene rings is 2. The average Bonchev–Trinajstić information content (AvgIpc) is 2.62. The smallest absolute Gasteiger partial charge is 0.153 e. The maximum atomic E-state index is 11.8. The summed E-state index contributed by atoms with van der Waals surface area (Å²) in [7, 11) is 0. The number of hydrogen-bond donors (Lipinski definition) is 0. The maximum Gasteiger partial charge on any atom is 0.153 e. The van der Waals surface area contributed by atoms with E-state index >= 15 is 0 Å². The second kappa shape index (κ2) is 8.28. The van der Waals surface area contributed by atoms with E-state index in [4.69, 9.17) is 0 Å². The molecular weight excluding hydrogens is 340 g/mol.